The fourth-order valence-corrected chi connectivity index (χ4v) is 2.93. The van der Waals surface area contributed by atoms with Crippen molar-refractivity contribution in [2.75, 3.05) is 49.7 Å². The van der Waals surface area contributed by atoms with E-state index in [1.807, 2.05) is 31.2 Å². The number of carbonyl (C=O) groups excluding carboxylic acids is 3. The molecule has 8 heteroatoms. The molecule has 2 amide bonds. The number of esters is 1. The Morgan fingerprint density at radius 2 is 1.67 bits per heavy atom. The highest BCUT2D eigenvalue weighted by Crippen LogP contribution is 2.19. The van der Waals surface area contributed by atoms with Crippen LogP contribution >= 0.6 is 0 Å². The Morgan fingerprint density at radius 1 is 1.00 bits per heavy atom. The largest absolute Gasteiger partial charge is 0.454 e. The van der Waals surface area contributed by atoms with Crippen molar-refractivity contribution in [2.24, 2.45) is 0 Å². The number of nitrogens with one attached hydrogen (secondary N) is 2. The van der Waals surface area contributed by atoms with Crippen LogP contribution in [0.25, 0.3) is 0 Å². The maximum absolute atomic E-state index is 12.0. The van der Waals surface area contributed by atoms with Crippen LogP contribution in [0.15, 0.2) is 48.5 Å². The third-order valence-electron chi connectivity index (χ3n) is 4.60. The molecular formula is C22H25N3O5. The van der Waals surface area contributed by atoms with Gasteiger partial charge in [-0.3, -0.25) is 14.4 Å². The SMILES string of the molecule is Cc1ccc(C(=O)NCC(=O)OCC(=O)Nc2ccc(N3CCOCC3)cc2)cc1. The zero-order valence-corrected chi connectivity index (χ0v) is 16.8. The lowest BCUT2D eigenvalue weighted by molar-refractivity contribution is -0.146. The van der Waals surface area contributed by atoms with E-state index < -0.39 is 18.5 Å². The molecule has 0 atom stereocenters. The molecule has 30 heavy (non-hydrogen) atoms. The Hall–Kier alpha value is -3.39. The highest BCUT2D eigenvalue weighted by Gasteiger charge is 2.13. The van der Waals surface area contributed by atoms with E-state index in [0.29, 0.717) is 24.5 Å². The van der Waals surface area contributed by atoms with Crippen molar-refractivity contribution in [3.8, 4) is 0 Å². The standard InChI is InChI=1S/C22H25N3O5/c1-16-2-4-17(5-3-16)22(28)23-14-21(27)30-15-20(26)24-18-6-8-19(9-7-18)25-10-12-29-13-11-25/h2-9H,10-15H2,1H3,(H,23,28)(H,24,26). The normalized spacial score (nSPS) is 13.4. The van der Waals surface area contributed by atoms with Crippen LogP contribution in [0.2, 0.25) is 0 Å². The molecule has 0 unspecified atom stereocenters. The first-order chi connectivity index (χ1) is 14.5. The zero-order chi connectivity index (χ0) is 21.3. The molecule has 2 aromatic carbocycles. The lowest BCUT2D eigenvalue weighted by Crippen LogP contribution is -2.36. The van der Waals surface area contributed by atoms with Gasteiger partial charge in [-0.1, -0.05) is 17.7 Å². The van der Waals surface area contributed by atoms with Gasteiger partial charge in [-0.2, -0.15) is 0 Å². The van der Waals surface area contributed by atoms with E-state index in [4.69, 9.17) is 9.47 Å². The number of ether oxygens (including phenoxy) is 2. The van der Waals surface area contributed by atoms with Crippen LogP contribution in [0.5, 0.6) is 0 Å². The smallest absolute Gasteiger partial charge is 0.325 e. The minimum atomic E-state index is -0.687. The number of benzene rings is 2. The quantitative estimate of drug-likeness (QED) is 0.674. The van der Waals surface area contributed by atoms with Gasteiger partial charge in [-0.25, -0.2) is 0 Å². The minimum Gasteiger partial charge on any atom is -0.454 e. The fourth-order valence-electron chi connectivity index (χ4n) is 2.93. The van der Waals surface area contributed by atoms with E-state index in [-0.39, 0.29) is 12.5 Å². The number of nitrogens with zero attached hydrogens (tertiary/aromatic N) is 1. The molecule has 0 bridgehead atoms. The molecule has 2 N–H and O–H groups in total. The topological polar surface area (TPSA) is 97.0 Å². The molecule has 0 saturated carbocycles. The van der Waals surface area contributed by atoms with Gasteiger partial charge in [0.1, 0.15) is 6.54 Å². The third kappa shape index (κ3) is 6.31. The van der Waals surface area contributed by atoms with E-state index in [9.17, 15) is 14.4 Å². The summed E-state index contributed by atoms with van der Waals surface area (Å²) < 4.78 is 10.3. The van der Waals surface area contributed by atoms with Gasteiger partial charge < -0.3 is 25.0 Å². The van der Waals surface area contributed by atoms with Crippen molar-refractivity contribution >= 4 is 29.2 Å². The van der Waals surface area contributed by atoms with Gasteiger partial charge in [0, 0.05) is 30.0 Å². The summed E-state index contributed by atoms with van der Waals surface area (Å²) in [6.45, 7) is 4.26. The first-order valence-electron chi connectivity index (χ1n) is 9.74. The van der Waals surface area contributed by atoms with Gasteiger partial charge in [-0.05, 0) is 43.3 Å². The Labute approximate surface area is 175 Å². The van der Waals surface area contributed by atoms with Gasteiger partial charge in [-0.15, -0.1) is 0 Å². The van der Waals surface area contributed by atoms with Crippen molar-refractivity contribution in [1.29, 1.82) is 0 Å². The molecular weight excluding hydrogens is 386 g/mol. The Balaban J connectivity index is 1.38. The van der Waals surface area contributed by atoms with Crippen LogP contribution in [-0.4, -0.2) is 57.2 Å². The number of amides is 2. The predicted molar refractivity (Wildman–Crippen MR) is 113 cm³/mol. The Kier molecular flexibility index (Phi) is 7.40. The van der Waals surface area contributed by atoms with Gasteiger partial charge >= 0.3 is 5.97 Å². The van der Waals surface area contributed by atoms with Crippen molar-refractivity contribution < 1.29 is 23.9 Å². The van der Waals surface area contributed by atoms with E-state index in [2.05, 4.69) is 15.5 Å². The van der Waals surface area contributed by atoms with Crippen molar-refractivity contribution in [3.05, 3.63) is 59.7 Å². The maximum atomic E-state index is 12.0. The summed E-state index contributed by atoms with van der Waals surface area (Å²) in [5.74, 6) is -1.52. The molecule has 8 nitrogen and oxygen atoms in total. The van der Waals surface area contributed by atoms with E-state index in [1.54, 1.807) is 24.3 Å². The lowest BCUT2D eigenvalue weighted by Gasteiger charge is -2.28. The number of rotatable bonds is 7. The summed E-state index contributed by atoms with van der Waals surface area (Å²) in [6, 6.07) is 14.4. The highest BCUT2D eigenvalue weighted by atomic mass is 16.5. The van der Waals surface area contributed by atoms with Gasteiger partial charge in [0.15, 0.2) is 6.61 Å². The summed E-state index contributed by atoms with van der Waals surface area (Å²) in [7, 11) is 0. The summed E-state index contributed by atoms with van der Waals surface area (Å²) in [6.07, 6.45) is 0. The number of carbonyl (C=O) groups is 3. The predicted octanol–water partition coefficient (Wildman–Crippen LogP) is 1.74. The molecule has 1 fully saturated rings. The molecule has 0 aromatic heterocycles. The monoisotopic (exact) mass is 411 g/mol. The van der Waals surface area contributed by atoms with Crippen LogP contribution in [0, 0.1) is 6.92 Å². The van der Waals surface area contributed by atoms with Gasteiger partial charge in [0.25, 0.3) is 11.8 Å². The minimum absolute atomic E-state index is 0.311. The average molecular weight is 411 g/mol. The first kappa shape index (κ1) is 21.3. The van der Waals surface area contributed by atoms with E-state index in [0.717, 1.165) is 24.3 Å². The fraction of sp³-hybridized carbons (Fsp3) is 0.318. The molecule has 1 aliphatic rings. The van der Waals surface area contributed by atoms with Crippen LogP contribution in [0.1, 0.15) is 15.9 Å². The summed E-state index contributed by atoms with van der Waals surface area (Å²) in [4.78, 5) is 38.0. The second-order valence-electron chi connectivity index (χ2n) is 6.90. The van der Waals surface area contributed by atoms with Crippen molar-refractivity contribution in [3.63, 3.8) is 0 Å². The molecule has 2 aromatic rings. The van der Waals surface area contributed by atoms with Gasteiger partial charge in [0.2, 0.25) is 0 Å². The third-order valence-corrected chi connectivity index (χ3v) is 4.60. The van der Waals surface area contributed by atoms with Crippen LogP contribution < -0.4 is 15.5 Å². The molecule has 158 valence electrons. The van der Waals surface area contributed by atoms with Crippen LogP contribution in [0.4, 0.5) is 11.4 Å². The van der Waals surface area contributed by atoms with Gasteiger partial charge in [0.05, 0.1) is 13.2 Å². The van der Waals surface area contributed by atoms with Crippen LogP contribution in [-0.2, 0) is 19.1 Å². The molecule has 1 aliphatic heterocycles. The summed E-state index contributed by atoms with van der Waals surface area (Å²) in [5, 5.41) is 5.15. The molecule has 1 saturated heterocycles. The molecule has 3 rings (SSSR count). The Bertz CT molecular complexity index is 875. The first-order valence-corrected chi connectivity index (χ1v) is 9.74. The number of morpholine rings is 1. The van der Waals surface area contributed by atoms with Crippen molar-refractivity contribution in [2.45, 2.75) is 6.92 Å². The Morgan fingerprint density at radius 3 is 2.33 bits per heavy atom. The number of hydrogen-bond acceptors (Lipinski definition) is 6. The lowest BCUT2D eigenvalue weighted by atomic mass is 10.1. The molecule has 0 aliphatic carbocycles. The van der Waals surface area contributed by atoms with Crippen molar-refractivity contribution in [1.82, 2.24) is 5.32 Å². The second kappa shape index (κ2) is 10.4. The average Bonchev–Trinajstić information content (AvgIpc) is 2.77. The number of aryl methyl sites for hydroxylation is 1. The van der Waals surface area contributed by atoms with E-state index >= 15 is 0 Å². The van der Waals surface area contributed by atoms with Crippen LogP contribution in [0.3, 0.4) is 0 Å². The molecule has 1 heterocycles. The summed E-state index contributed by atoms with van der Waals surface area (Å²) in [5.41, 5.74) is 3.16. The maximum Gasteiger partial charge on any atom is 0.325 e. The number of hydrogen-bond donors (Lipinski definition) is 2. The van der Waals surface area contributed by atoms with E-state index in [1.165, 1.54) is 0 Å². The second-order valence-corrected chi connectivity index (χ2v) is 6.90. The number of anilines is 2. The highest BCUT2D eigenvalue weighted by molar-refractivity contribution is 5.96. The molecule has 0 radical (unpaired) electrons. The zero-order valence-electron chi connectivity index (χ0n) is 16.8. The summed E-state index contributed by atoms with van der Waals surface area (Å²) >= 11 is 0. The molecule has 0 spiro atoms.